The number of hydrogen-bond donors (Lipinski definition) is 0. The van der Waals surface area contributed by atoms with E-state index in [2.05, 4.69) is 4.74 Å². The lowest BCUT2D eigenvalue weighted by atomic mass is 10.2. The van der Waals surface area contributed by atoms with E-state index in [1.54, 1.807) is 0 Å². The van der Waals surface area contributed by atoms with Crippen molar-refractivity contribution >= 4 is 11.9 Å². The van der Waals surface area contributed by atoms with E-state index >= 15 is 0 Å². The van der Waals surface area contributed by atoms with Gasteiger partial charge in [-0.15, -0.1) is 0 Å². The maximum Gasteiger partial charge on any atom is 0.344 e. The summed E-state index contributed by atoms with van der Waals surface area (Å²) in [6.07, 6.45) is 3.61. The third-order valence-electron chi connectivity index (χ3n) is 3.60. The molecule has 126 valence electrons. The van der Waals surface area contributed by atoms with Crippen molar-refractivity contribution < 1.29 is 31.9 Å². The van der Waals surface area contributed by atoms with Gasteiger partial charge >= 0.3 is 5.97 Å². The number of rotatable bonds is 3. The van der Waals surface area contributed by atoms with Crippen molar-refractivity contribution in [3.05, 3.63) is 34.9 Å². The molecule has 1 heterocycles. The van der Waals surface area contributed by atoms with Gasteiger partial charge in [0.2, 0.25) is 0 Å². The predicted octanol–water partition coefficient (Wildman–Crippen LogP) is 2.80. The Bertz CT molecular complexity index is 587. The molecule has 8 heteroatoms. The van der Waals surface area contributed by atoms with E-state index in [1.807, 2.05) is 0 Å². The van der Waals surface area contributed by atoms with Crippen LogP contribution in [0.2, 0.25) is 0 Å². The number of carbonyl (C=O) groups is 2. The van der Waals surface area contributed by atoms with Crippen LogP contribution in [0.25, 0.3) is 0 Å². The molecule has 4 nitrogen and oxygen atoms in total. The Kier molecular flexibility index (Phi) is 5.57. The minimum Gasteiger partial charge on any atom is -0.452 e. The van der Waals surface area contributed by atoms with Gasteiger partial charge in [-0.05, 0) is 12.8 Å². The summed E-state index contributed by atoms with van der Waals surface area (Å²) in [6.45, 7) is 0.275. The molecule has 1 saturated heterocycles. The molecule has 0 N–H and O–H groups in total. The molecule has 2 rings (SSSR count). The van der Waals surface area contributed by atoms with Crippen molar-refractivity contribution in [1.29, 1.82) is 0 Å². The van der Waals surface area contributed by atoms with Crippen molar-refractivity contribution in [3.63, 3.8) is 0 Å². The molecule has 1 aliphatic heterocycles. The minimum absolute atomic E-state index is 0.0101. The molecule has 23 heavy (non-hydrogen) atoms. The summed E-state index contributed by atoms with van der Waals surface area (Å²) in [5.74, 6) is -9.27. The van der Waals surface area contributed by atoms with Gasteiger partial charge in [-0.1, -0.05) is 12.8 Å². The third-order valence-corrected chi connectivity index (χ3v) is 3.60. The van der Waals surface area contributed by atoms with Gasteiger partial charge < -0.3 is 9.64 Å². The Morgan fingerprint density at radius 2 is 1.48 bits per heavy atom. The highest BCUT2D eigenvalue weighted by Gasteiger charge is 2.27. The SMILES string of the molecule is O=C(OCC(=O)N1CCCCCC1)c1c(F)c(F)cc(F)c1F. The predicted molar refractivity (Wildman–Crippen MR) is 71.6 cm³/mol. The van der Waals surface area contributed by atoms with Gasteiger partial charge in [0.05, 0.1) is 0 Å². The first-order valence-electron chi connectivity index (χ1n) is 7.19. The molecule has 0 spiro atoms. The van der Waals surface area contributed by atoms with E-state index < -0.39 is 47.3 Å². The van der Waals surface area contributed by atoms with Crippen molar-refractivity contribution in [2.75, 3.05) is 19.7 Å². The van der Waals surface area contributed by atoms with Crippen LogP contribution in [0.5, 0.6) is 0 Å². The fourth-order valence-electron chi connectivity index (χ4n) is 2.36. The zero-order chi connectivity index (χ0) is 17.0. The van der Waals surface area contributed by atoms with E-state index in [9.17, 15) is 27.2 Å². The highest BCUT2D eigenvalue weighted by Crippen LogP contribution is 2.20. The monoisotopic (exact) mass is 333 g/mol. The van der Waals surface area contributed by atoms with Crippen molar-refractivity contribution in [2.24, 2.45) is 0 Å². The van der Waals surface area contributed by atoms with Gasteiger partial charge in [-0.3, -0.25) is 4.79 Å². The molecule has 0 saturated carbocycles. The minimum atomic E-state index is -1.85. The summed E-state index contributed by atoms with van der Waals surface area (Å²) in [7, 11) is 0. The van der Waals surface area contributed by atoms with Crippen molar-refractivity contribution in [1.82, 2.24) is 4.90 Å². The molecule has 0 unspecified atom stereocenters. The number of benzene rings is 1. The first-order valence-corrected chi connectivity index (χ1v) is 7.19. The Balaban J connectivity index is 2.04. The van der Waals surface area contributed by atoms with Gasteiger partial charge in [-0.2, -0.15) is 0 Å². The maximum atomic E-state index is 13.4. The van der Waals surface area contributed by atoms with Crippen molar-refractivity contribution in [3.8, 4) is 0 Å². The number of amides is 1. The number of nitrogens with zero attached hydrogens (tertiary/aromatic N) is 1. The number of halogens is 4. The number of likely N-dealkylation sites (tertiary alicyclic amines) is 1. The number of carbonyl (C=O) groups excluding carboxylic acids is 2. The molecule has 1 aromatic carbocycles. The Labute approximate surface area is 130 Å². The number of hydrogen-bond acceptors (Lipinski definition) is 3. The van der Waals surface area contributed by atoms with E-state index in [0.717, 1.165) is 25.7 Å². The molecule has 1 aromatic rings. The van der Waals surface area contributed by atoms with Crippen LogP contribution in [0.15, 0.2) is 6.07 Å². The summed E-state index contributed by atoms with van der Waals surface area (Å²) in [5, 5.41) is 0. The van der Waals surface area contributed by atoms with Crippen LogP contribution in [0.4, 0.5) is 17.6 Å². The summed E-state index contributed by atoms with van der Waals surface area (Å²) < 4.78 is 57.5. The first kappa shape index (κ1) is 17.2. The average molecular weight is 333 g/mol. The first-order chi connectivity index (χ1) is 10.9. The molecular formula is C15H15F4NO3. The second kappa shape index (κ2) is 7.43. The number of esters is 1. The zero-order valence-electron chi connectivity index (χ0n) is 12.2. The average Bonchev–Trinajstić information content (AvgIpc) is 2.80. The molecule has 1 fully saturated rings. The normalized spacial score (nSPS) is 15.2. The number of ether oxygens (including phenoxy) is 1. The van der Waals surface area contributed by atoms with Crippen LogP contribution in [-0.4, -0.2) is 36.5 Å². The van der Waals surface area contributed by atoms with E-state index in [1.165, 1.54) is 4.90 Å². The van der Waals surface area contributed by atoms with Crippen LogP contribution in [0.3, 0.4) is 0 Å². The lowest BCUT2D eigenvalue weighted by Crippen LogP contribution is -2.35. The Morgan fingerprint density at radius 3 is 2.00 bits per heavy atom. The molecule has 1 aliphatic rings. The van der Waals surface area contributed by atoms with Crippen LogP contribution < -0.4 is 0 Å². The molecule has 1 amide bonds. The highest BCUT2D eigenvalue weighted by atomic mass is 19.2. The van der Waals surface area contributed by atoms with E-state index in [4.69, 9.17) is 0 Å². The van der Waals surface area contributed by atoms with Crippen LogP contribution >= 0.6 is 0 Å². The second-order valence-corrected chi connectivity index (χ2v) is 5.21. The molecule has 0 aromatic heterocycles. The fraction of sp³-hybridized carbons (Fsp3) is 0.467. The zero-order valence-corrected chi connectivity index (χ0v) is 12.2. The standard InChI is InChI=1S/C15H15F4NO3/c16-9-7-10(17)14(19)12(13(9)18)15(22)23-8-11(21)20-5-3-1-2-4-6-20/h7H,1-6,8H2. The van der Waals surface area contributed by atoms with Crippen LogP contribution in [0.1, 0.15) is 36.0 Å². The van der Waals surface area contributed by atoms with Crippen molar-refractivity contribution in [2.45, 2.75) is 25.7 Å². The van der Waals surface area contributed by atoms with Gasteiger partial charge in [0.1, 0.15) is 5.56 Å². The van der Waals surface area contributed by atoms with Gasteiger partial charge in [0, 0.05) is 19.2 Å². The lowest BCUT2D eigenvalue weighted by Gasteiger charge is -2.20. The smallest absolute Gasteiger partial charge is 0.344 e. The molecule has 0 radical (unpaired) electrons. The molecule has 0 atom stereocenters. The highest BCUT2D eigenvalue weighted by molar-refractivity contribution is 5.92. The largest absolute Gasteiger partial charge is 0.452 e. The van der Waals surface area contributed by atoms with Gasteiger partial charge in [-0.25, -0.2) is 22.4 Å². The van der Waals surface area contributed by atoms with E-state index in [-0.39, 0.29) is 6.07 Å². The third kappa shape index (κ3) is 4.00. The Morgan fingerprint density at radius 1 is 0.957 bits per heavy atom. The Hall–Kier alpha value is -2.12. The quantitative estimate of drug-likeness (QED) is 0.485. The summed E-state index contributed by atoms with van der Waals surface area (Å²) in [4.78, 5) is 25.0. The molecule has 0 bridgehead atoms. The molecular weight excluding hydrogens is 318 g/mol. The molecule has 0 aliphatic carbocycles. The van der Waals surface area contributed by atoms with E-state index in [0.29, 0.717) is 13.1 Å². The van der Waals surface area contributed by atoms with Gasteiger partial charge in [0.15, 0.2) is 29.9 Å². The van der Waals surface area contributed by atoms with Crippen LogP contribution in [0, 0.1) is 23.3 Å². The van der Waals surface area contributed by atoms with Gasteiger partial charge in [0.25, 0.3) is 5.91 Å². The fourth-order valence-corrected chi connectivity index (χ4v) is 2.36. The maximum absolute atomic E-state index is 13.4. The summed E-state index contributed by atoms with van der Waals surface area (Å²) in [6, 6.07) is -0.0101. The summed E-state index contributed by atoms with van der Waals surface area (Å²) in [5.41, 5.74) is -1.48. The van der Waals surface area contributed by atoms with Crippen LogP contribution in [-0.2, 0) is 9.53 Å². The topological polar surface area (TPSA) is 46.6 Å². The lowest BCUT2D eigenvalue weighted by molar-refractivity contribution is -0.134. The summed E-state index contributed by atoms with van der Waals surface area (Å²) >= 11 is 0. The second-order valence-electron chi connectivity index (χ2n) is 5.21.